The third-order valence-corrected chi connectivity index (χ3v) is 4.64. The molecule has 0 bridgehead atoms. The summed E-state index contributed by atoms with van der Waals surface area (Å²) in [7, 11) is 0. The molecule has 0 heterocycles. The van der Waals surface area contributed by atoms with E-state index in [9.17, 15) is 4.39 Å². The zero-order chi connectivity index (χ0) is 15.6. The highest BCUT2D eigenvalue weighted by Crippen LogP contribution is 2.29. The van der Waals surface area contributed by atoms with Gasteiger partial charge >= 0.3 is 0 Å². The van der Waals surface area contributed by atoms with Crippen molar-refractivity contribution < 1.29 is 4.39 Å². The summed E-state index contributed by atoms with van der Waals surface area (Å²) in [4.78, 5) is 0. The summed E-state index contributed by atoms with van der Waals surface area (Å²) in [6, 6.07) is 9.21. The quantitative estimate of drug-likeness (QED) is 0.638. The van der Waals surface area contributed by atoms with E-state index in [0.29, 0.717) is 4.47 Å². The maximum Gasteiger partial charge on any atom is 0.137 e. The highest BCUT2D eigenvalue weighted by molar-refractivity contribution is 9.10. The van der Waals surface area contributed by atoms with Gasteiger partial charge in [0.1, 0.15) is 5.82 Å². The van der Waals surface area contributed by atoms with Gasteiger partial charge < -0.3 is 0 Å². The van der Waals surface area contributed by atoms with Crippen molar-refractivity contribution in [1.82, 2.24) is 5.43 Å². The van der Waals surface area contributed by atoms with Crippen LogP contribution in [0.2, 0.25) is 0 Å². The fraction of sp³-hybridized carbons (Fsp3) is 0.294. The van der Waals surface area contributed by atoms with Crippen LogP contribution in [0.5, 0.6) is 0 Å². The lowest BCUT2D eigenvalue weighted by molar-refractivity contribution is 0.538. The maximum absolute atomic E-state index is 13.7. The van der Waals surface area contributed by atoms with E-state index in [1.54, 1.807) is 6.07 Å². The maximum atomic E-state index is 13.7. The zero-order valence-electron chi connectivity index (χ0n) is 12.5. The Bertz CT molecular complexity index is 632. The molecule has 0 amide bonds. The SMILES string of the molecule is Cc1cc(C)c(CC(NN)c2cccc(F)c2Br)c(C)c1. The molecule has 0 saturated carbocycles. The average molecular weight is 351 g/mol. The summed E-state index contributed by atoms with van der Waals surface area (Å²) in [5, 5.41) is 0. The fourth-order valence-corrected chi connectivity index (χ4v) is 3.32. The van der Waals surface area contributed by atoms with Crippen molar-refractivity contribution in [3.05, 3.63) is 68.4 Å². The third kappa shape index (κ3) is 3.51. The molecule has 2 aromatic rings. The number of hydrazine groups is 1. The third-order valence-electron chi connectivity index (χ3n) is 3.81. The highest BCUT2D eigenvalue weighted by atomic mass is 79.9. The van der Waals surface area contributed by atoms with Crippen LogP contribution >= 0.6 is 15.9 Å². The molecule has 0 spiro atoms. The van der Waals surface area contributed by atoms with Gasteiger partial charge in [-0.25, -0.2) is 4.39 Å². The standard InChI is InChI=1S/C17H20BrFN2/c1-10-7-11(2)14(12(3)8-10)9-16(21-20)13-5-4-6-15(19)17(13)18/h4-8,16,21H,9,20H2,1-3H3. The minimum atomic E-state index is -0.273. The number of benzene rings is 2. The van der Waals surface area contributed by atoms with Crippen molar-refractivity contribution in [3.8, 4) is 0 Å². The summed E-state index contributed by atoms with van der Waals surface area (Å²) in [6.07, 6.45) is 0.719. The van der Waals surface area contributed by atoms with Gasteiger partial charge in [0.2, 0.25) is 0 Å². The lowest BCUT2D eigenvalue weighted by Crippen LogP contribution is -2.30. The van der Waals surface area contributed by atoms with Crippen molar-refractivity contribution in [2.45, 2.75) is 33.2 Å². The van der Waals surface area contributed by atoms with Crippen LogP contribution in [0, 0.1) is 26.6 Å². The predicted molar refractivity (Wildman–Crippen MR) is 88.5 cm³/mol. The Morgan fingerprint density at radius 2 is 1.81 bits per heavy atom. The number of hydrogen-bond acceptors (Lipinski definition) is 2. The fourth-order valence-electron chi connectivity index (χ4n) is 2.78. The van der Waals surface area contributed by atoms with Gasteiger partial charge in [-0.3, -0.25) is 11.3 Å². The van der Waals surface area contributed by atoms with E-state index in [1.807, 2.05) is 6.07 Å². The van der Waals surface area contributed by atoms with Crippen molar-refractivity contribution >= 4 is 15.9 Å². The molecule has 2 rings (SSSR count). The lowest BCUT2D eigenvalue weighted by atomic mass is 9.92. The first-order valence-corrected chi connectivity index (χ1v) is 7.70. The van der Waals surface area contributed by atoms with Gasteiger partial charge in [0.15, 0.2) is 0 Å². The van der Waals surface area contributed by atoms with Gasteiger partial charge in [0, 0.05) is 0 Å². The van der Waals surface area contributed by atoms with Gasteiger partial charge in [0.25, 0.3) is 0 Å². The molecule has 0 aromatic heterocycles. The minimum absolute atomic E-state index is 0.143. The lowest BCUT2D eigenvalue weighted by Gasteiger charge is -2.21. The molecule has 2 nitrogen and oxygen atoms in total. The van der Waals surface area contributed by atoms with Crippen LogP contribution in [0.3, 0.4) is 0 Å². The van der Waals surface area contributed by atoms with Crippen LogP contribution < -0.4 is 11.3 Å². The second-order valence-corrected chi connectivity index (χ2v) is 6.24. The van der Waals surface area contributed by atoms with Crippen molar-refractivity contribution in [2.24, 2.45) is 5.84 Å². The number of nitrogens with one attached hydrogen (secondary N) is 1. The predicted octanol–water partition coefficient (Wildman–Crippen LogP) is 4.26. The van der Waals surface area contributed by atoms with Crippen LogP contribution in [0.1, 0.15) is 33.9 Å². The largest absolute Gasteiger partial charge is 0.271 e. The molecule has 0 aliphatic carbocycles. The number of hydrogen-bond donors (Lipinski definition) is 2. The Hall–Kier alpha value is -1.23. The molecular formula is C17H20BrFN2. The number of rotatable bonds is 4. The Balaban J connectivity index is 2.38. The number of aryl methyl sites for hydroxylation is 3. The van der Waals surface area contributed by atoms with Gasteiger partial charge in [-0.15, -0.1) is 0 Å². The highest BCUT2D eigenvalue weighted by Gasteiger charge is 2.18. The Morgan fingerprint density at radius 1 is 1.19 bits per heavy atom. The molecule has 0 radical (unpaired) electrons. The van der Waals surface area contributed by atoms with Crippen molar-refractivity contribution in [1.29, 1.82) is 0 Å². The molecule has 0 saturated heterocycles. The molecular weight excluding hydrogens is 331 g/mol. The number of halogens is 2. The Kier molecular flexibility index (Phi) is 5.14. The Morgan fingerprint density at radius 3 is 2.38 bits per heavy atom. The molecule has 1 atom stereocenters. The monoisotopic (exact) mass is 350 g/mol. The van der Waals surface area contributed by atoms with E-state index in [2.05, 4.69) is 54.3 Å². The molecule has 1 unspecified atom stereocenters. The summed E-state index contributed by atoms with van der Waals surface area (Å²) >= 11 is 3.31. The van der Waals surface area contributed by atoms with E-state index < -0.39 is 0 Å². The van der Waals surface area contributed by atoms with Gasteiger partial charge in [-0.2, -0.15) is 0 Å². The number of nitrogens with two attached hydrogens (primary N) is 1. The van der Waals surface area contributed by atoms with E-state index in [4.69, 9.17) is 5.84 Å². The van der Waals surface area contributed by atoms with Gasteiger partial charge in [-0.05, 0) is 71.4 Å². The summed E-state index contributed by atoms with van der Waals surface area (Å²) in [6.45, 7) is 6.29. The van der Waals surface area contributed by atoms with E-state index in [-0.39, 0.29) is 11.9 Å². The summed E-state index contributed by atoms with van der Waals surface area (Å²) in [5.41, 5.74) is 8.61. The van der Waals surface area contributed by atoms with Crippen LogP contribution in [0.4, 0.5) is 4.39 Å². The molecule has 0 aliphatic heterocycles. The zero-order valence-corrected chi connectivity index (χ0v) is 14.1. The smallest absolute Gasteiger partial charge is 0.137 e. The normalized spacial score (nSPS) is 12.5. The summed E-state index contributed by atoms with van der Waals surface area (Å²) in [5.74, 6) is 5.44. The molecule has 21 heavy (non-hydrogen) atoms. The first kappa shape index (κ1) is 16.1. The molecule has 112 valence electrons. The average Bonchev–Trinajstić information content (AvgIpc) is 2.42. The Labute approximate surface area is 133 Å². The van der Waals surface area contributed by atoms with Crippen LogP contribution in [-0.4, -0.2) is 0 Å². The molecule has 0 fully saturated rings. The molecule has 0 aliphatic rings. The minimum Gasteiger partial charge on any atom is -0.271 e. The van der Waals surface area contributed by atoms with E-state index in [0.717, 1.165) is 12.0 Å². The second kappa shape index (κ2) is 6.69. The van der Waals surface area contributed by atoms with E-state index in [1.165, 1.54) is 28.3 Å². The topological polar surface area (TPSA) is 38.0 Å². The van der Waals surface area contributed by atoms with Crippen molar-refractivity contribution in [2.75, 3.05) is 0 Å². The first-order valence-electron chi connectivity index (χ1n) is 6.90. The van der Waals surface area contributed by atoms with Crippen LogP contribution in [-0.2, 0) is 6.42 Å². The van der Waals surface area contributed by atoms with Gasteiger partial charge in [0.05, 0.1) is 10.5 Å². The second-order valence-electron chi connectivity index (χ2n) is 5.44. The van der Waals surface area contributed by atoms with Crippen LogP contribution in [0.15, 0.2) is 34.8 Å². The van der Waals surface area contributed by atoms with Gasteiger partial charge in [-0.1, -0.05) is 29.8 Å². The summed E-state index contributed by atoms with van der Waals surface area (Å²) < 4.78 is 14.2. The first-order chi connectivity index (χ1) is 9.93. The van der Waals surface area contributed by atoms with Crippen molar-refractivity contribution in [3.63, 3.8) is 0 Å². The van der Waals surface area contributed by atoms with Crippen LogP contribution in [0.25, 0.3) is 0 Å². The molecule has 2 aromatic carbocycles. The van der Waals surface area contributed by atoms with E-state index >= 15 is 0 Å². The molecule has 4 heteroatoms. The molecule has 3 N–H and O–H groups in total.